The summed E-state index contributed by atoms with van der Waals surface area (Å²) >= 11 is 4.97. The van der Waals surface area contributed by atoms with E-state index < -0.39 is 11.5 Å². The molecule has 94 valence electrons. The van der Waals surface area contributed by atoms with Gasteiger partial charge in [-0.05, 0) is 34.0 Å². The van der Waals surface area contributed by atoms with Crippen LogP contribution in [0.25, 0.3) is 0 Å². The van der Waals surface area contributed by atoms with Crippen molar-refractivity contribution in [2.75, 3.05) is 27.2 Å². The molecule has 0 saturated carbocycles. The van der Waals surface area contributed by atoms with Crippen molar-refractivity contribution in [3.05, 3.63) is 0 Å². The standard InChI is InChI=1S/C10H18ClNO4/c1-8(7-15-10(11)14)16-9(13)5-4-6-12(2)3/h8H,4-7H2,1-3H3. The van der Waals surface area contributed by atoms with Gasteiger partial charge in [0.25, 0.3) is 0 Å². The van der Waals surface area contributed by atoms with Crippen LogP contribution >= 0.6 is 11.6 Å². The Hall–Kier alpha value is -0.810. The molecule has 5 nitrogen and oxygen atoms in total. The smallest absolute Gasteiger partial charge is 0.403 e. The number of ether oxygens (including phenoxy) is 2. The van der Waals surface area contributed by atoms with E-state index >= 15 is 0 Å². The molecule has 0 N–H and O–H groups in total. The minimum atomic E-state index is -0.893. The molecule has 0 heterocycles. The van der Waals surface area contributed by atoms with Gasteiger partial charge in [0, 0.05) is 18.0 Å². The summed E-state index contributed by atoms with van der Waals surface area (Å²) in [6.45, 7) is 2.46. The summed E-state index contributed by atoms with van der Waals surface area (Å²) < 4.78 is 9.48. The average Bonchev–Trinajstić information content (AvgIpc) is 2.14. The highest BCUT2D eigenvalue weighted by atomic mass is 35.5. The van der Waals surface area contributed by atoms with Gasteiger partial charge < -0.3 is 14.4 Å². The summed E-state index contributed by atoms with van der Waals surface area (Å²) in [7, 11) is 3.88. The van der Waals surface area contributed by atoms with Crippen molar-refractivity contribution in [3.63, 3.8) is 0 Å². The van der Waals surface area contributed by atoms with Gasteiger partial charge in [-0.1, -0.05) is 0 Å². The number of halogens is 1. The first-order valence-corrected chi connectivity index (χ1v) is 5.46. The Morgan fingerprint density at radius 1 is 1.38 bits per heavy atom. The molecule has 0 aliphatic carbocycles. The van der Waals surface area contributed by atoms with Crippen LogP contribution in [-0.2, 0) is 14.3 Å². The Labute approximate surface area is 101 Å². The molecule has 0 amide bonds. The van der Waals surface area contributed by atoms with Crippen LogP contribution in [0, 0.1) is 0 Å². The Balaban J connectivity index is 3.58. The second-order valence-electron chi connectivity index (χ2n) is 3.76. The number of esters is 1. The first-order valence-electron chi connectivity index (χ1n) is 5.08. The zero-order chi connectivity index (χ0) is 12.6. The summed E-state index contributed by atoms with van der Waals surface area (Å²) in [5.41, 5.74) is -0.893. The molecule has 0 fully saturated rings. The second-order valence-corrected chi connectivity index (χ2v) is 4.06. The zero-order valence-electron chi connectivity index (χ0n) is 9.86. The number of carbonyl (C=O) groups excluding carboxylic acids is 2. The van der Waals surface area contributed by atoms with Gasteiger partial charge in [0.2, 0.25) is 0 Å². The van der Waals surface area contributed by atoms with Crippen molar-refractivity contribution < 1.29 is 19.1 Å². The van der Waals surface area contributed by atoms with Crippen molar-refractivity contribution in [3.8, 4) is 0 Å². The van der Waals surface area contributed by atoms with Crippen molar-refractivity contribution in [2.24, 2.45) is 0 Å². The zero-order valence-corrected chi connectivity index (χ0v) is 10.6. The third kappa shape index (κ3) is 9.73. The van der Waals surface area contributed by atoms with E-state index in [0.717, 1.165) is 13.0 Å². The molecule has 0 radical (unpaired) electrons. The molecular formula is C10H18ClNO4. The van der Waals surface area contributed by atoms with Gasteiger partial charge in [-0.25, -0.2) is 4.79 Å². The highest BCUT2D eigenvalue weighted by molar-refractivity contribution is 6.61. The molecule has 0 aliphatic heterocycles. The summed E-state index contributed by atoms with van der Waals surface area (Å²) in [4.78, 5) is 23.5. The van der Waals surface area contributed by atoms with Crippen LogP contribution < -0.4 is 0 Å². The van der Waals surface area contributed by atoms with Gasteiger partial charge >= 0.3 is 11.4 Å². The van der Waals surface area contributed by atoms with E-state index in [9.17, 15) is 9.59 Å². The number of rotatable bonds is 7. The number of carbonyl (C=O) groups is 2. The van der Waals surface area contributed by atoms with Crippen LogP contribution in [0.1, 0.15) is 19.8 Å². The van der Waals surface area contributed by atoms with Crippen LogP contribution in [0.5, 0.6) is 0 Å². The van der Waals surface area contributed by atoms with Crippen molar-refractivity contribution in [1.29, 1.82) is 0 Å². The van der Waals surface area contributed by atoms with E-state index in [0.29, 0.717) is 6.42 Å². The summed E-state index contributed by atoms with van der Waals surface area (Å²) in [5, 5.41) is 0. The molecule has 0 rings (SSSR count). The van der Waals surface area contributed by atoms with Gasteiger partial charge in [-0.2, -0.15) is 0 Å². The normalized spacial score (nSPS) is 12.3. The highest BCUT2D eigenvalue weighted by Crippen LogP contribution is 2.00. The fourth-order valence-electron chi connectivity index (χ4n) is 1.04. The summed E-state index contributed by atoms with van der Waals surface area (Å²) in [5.74, 6) is -0.292. The van der Waals surface area contributed by atoms with Gasteiger partial charge in [0.05, 0.1) is 0 Å². The maximum Gasteiger partial charge on any atom is 0.403 e. The third-order valence-electron chi connectivity index (χ3n) is 1.75. The van der Waals surface area contributed by atoms with E-state index in [1.807, 2.05) is 19.0 Å². The molecule has 1 atom stereocenters. The van der Waals surface area contributed by atoms with Crippen LogP contribution in [-0.4, -0.2) is 49.6 Å². The number of nitrogens with zero attached hydrogens (tertiary/aromatic N) is 1. The fourth-order valence-corrected chi connectivity index (χ4v) is 1.10. The highest BCUT2D eigenvalue weighted by Gasteiger charge is 2.11. The van der Waals surface area contributed by atoms with E-state index in [-0.39, 0.29) is 12.6 Å². The largest absolute Gasteiger partial charge is 0.459 e. The molecule has 6 heteroatoms. The van der Waals surface area contributed by atoms with Gasteiger partial charge in [-0.3, -0.25) is 4.79 Å². The average molecular weight is 252 g/mol. The molecule has 0 aromatic carbocycles. The van der Waals surface area contributed by atoms with Crippen LogP contribution in [0.3, 0.4) is 0 Å². The lowest BCUT2D eigenvalue weighted by molar-refractivity contribution is -0.150. The van der Waals surface area contributed by atoms with Gasteiger partial charge in [0.15, 0.2) is 0 Å². The van der Waals surface area contributed by atoms with Gasteiger partial charge in [0.1, 0.15) is 12.7 Å². The molecule has 0 saturated heterocycles. The van der Waals surface area contributed by atoms with E-state index in [1.165, 1.54) is 0 Å². The Morgan fingerprint density at radius 3 is 2.50 bits per heavy atom. The monoisotopic (exact) mass is 251 g/mol. The predicted molar refractivity (Wildman–Crippen MR) is 60.5 cm³/mol. The molecule has 16 heavy (non-hydrogen) atoms. The SMILES string of the molecule is CC(COC(=O)Cl)OC(=O)CCCN(C)C. The molecule has 0 bridgehead atoms. The first kappa shape index (κ1) is 15.2. The number of hydrogen-bond donors (Lipinski definition) is 0. The Kier molecular flexibility index (Phi) is 7.93. The van der Waals surface area contributed by atoms with E-state index in [1.54, 1.807) is 6.92 Å². The van der Waals surface area contributed by atoms with Crippen LogP contribution in [0.4, 0.5) is 4.79 Å². The second kappa shape index (κ2) is 8.35. The predicted octanol–water partition coefficient (Wildman–Crippen LogP) is 1.64. The van der Waals surface area contributed by atoms with E-state index in [4.69, 9.17) is 16.3 Å². The lowest BCUT2D eigenvalue weighted by Gasteiger charge is -2.13. The molecule has 0 aromatic rings. The summed E-state index contributed by atoms with van der Waals surface area (Å²) in [6, 6.07) is 0. The Morgan fingerprint density at radius 2 is 2.00 bits per heavy atom. The van der Waals surface area contributed by atoms with Gasteiger partial charge in [-0.15, -0.1) is 0 Å². The quantitative estimate of drug-likeness (QED) is 0.509. The maximum atomic E-state index is 11.3. The molecule has 0 aromatic heterocycles. The fraction of sp³-hybridized carbons (Fsp3) is 0.800. The minimum absolute atomic E-state index is 0.0121. The van der Waals surface area contributed by atoms with E-state index in [2.05, 4.69) is 4.74 Å². The molecule has 0 spiro atoms. The molecular weight excluding hydrogens is 234 g/mol. The molecule has 1 unspecified atom stereocenters. The topological polar surface area (TPSA) is 55.8 Å². The lowest BCUT2D eigenvalue weighted by atomic mass is 10.3. The van der Waals surface area contributed by atoms with Crippen molar-refractivity contribution >= 4 is 23.0 Å². The molecule has 0 aliphatic rings. The first-order chi connectivity index (χ1) is 7.41. The number of hydrogen-bond acceptors (Lipinski definition) is 5. The van der Waals surface area contributed by atoms with Crippen LogP contribution in [0.15, 0.2) is 0 Å². The minimum Gasteiger partial charge on any atom is -0.459 e. The van der Waals surface area contributed by atoms with Crippen molar-refractivity contribution in [2.45, 2.75) is 25.9 Å². The Bertz CT molecular complexity index is 233. The lowest BCUT2D eigenvalue weighted by Crippen LogP contribution is -2.22. The summed E-state index contributed by atoms with van der Waals surface area (Å²) in [6.07, 6.45) is 0.639. The third-order valence-corrected chi connectivity index (χ3v) is 1.86. The van der Waals surface area contributed by atoms with Crippen molar-refractivity contribution in [1.82, 2.24) is 4.90 Å². The van der Waals surface area contributed by atoms with Crippen LogP contribution in [0.2, 0.25) is 0 Å². The maximum absolute atomic E-state index is 11.3.